The second kappa shape index (κ2) is 4.99. The number of aromatic nitrogens is 5. The van der Waals surface area contributed by atoms with Crippen LogP contribution in [0.5, 0.6) is 0 Å². The predicted octanol–water partition coefficient (Wildman–Crippen LogP) is 3.15. The van der Waals surface area contributed by atoms with E-state index in [2.05, 4.69) is 15.2 Å². The number of aromatic amines is 1. The number of hydrogen-bond donors (Lipinski definition) is 1. The van der Waals surface area contributed by atoms with E-state index in [1.54, 1.807) is 10.9 Å². The van der Waals surface area contributed by atoms with Gasteiger partial charge >= 0.3 is 0 Å². The molecule has 8 heteroatoms. The number of hydrogen-bond acceptors (Lipinski definition) is 3. The normalized spacial score (nSPS) is 11.3. The summed E-state index contributed by atoms with van der Waals surface area (Å²) >= 11 is 11.1. The van der Waals surface area contributed by atoms with Crippen molar-refractivity contribution in [2.75, 3.05) is 0 Å². The standard InChI is InChI=1S/C12H11ClFN5S/c1-2-18-6-15-17-11(18)5-19-10-4-8(14)7(13)3-9(10)16-12(19)20/h3-4,6H,2,5H2,1H3,(H,16,20). The van der Waals surface area contributed by atoms with Crippen LogP contribution in [0.3, 0.4) is 0 Å². The third kappa shape index (κ3) is 2.12. The molecule has 0 aliphatic rings. The zero-order chi connectivity index (χ0) is 14.3. The van der Waals surface area contributed by atoms with E-state index in [-0.39, 0.29) is 5.02 Å². The number of H-pyrrole nitrogens is 1. The summed E-state index contributed by atoms with van der Waals surface area (Å²) in [6, 6.07) is 2.90. The highest BCUT2D eigenvalue weighted by Gasteiger charge is 2.11. The van der Waals surface area contributed by atoms with Crippen LogP contribution < -0.4 is 0 Å². The van der Waals surface area contributed by atoms with Crippen molar-refractivity contribution < 1.29 is 4.39 Å². The minimum absolute atomic E-state index is 0.0672. The molecule has 0 bridgehead atoms. The molecular formula is C12H11ClFN5S. The fourth-order valence-corrected chi connectivity index (χ4v) is 2.55. The highest BCUT2D eigenvalue weighted by atomic mass is 35.5. The van der Waals surface area contributed by atoms with Gasteiger partial charge in [0.1, 0.15) is 12.1 Å². The predicted molar refractivity (Wildman–Crippen MR) is 76.9 cm³/mol. The molecule has 1 aromatic carbocycles. The van der Waals surface area contributed by atoms with Crippen molar-refractivity contribution in [3.8, 4) is 0 Å². The SMILES string of the molecule is CCn1cnnc1Cn1c(=S)[nH]c2cc(Cl)c(F)cc21. The number of rotatable bonds is 3. The number of nitrogens with one attached hydrogen (secondary N) is 1. The molecule has 20 heavy (non-hydrogen) atoms. The third-order valence-corrected chi connectivity index (χ3v) is 3.76. The Morgan fingerprint density at radius 2 is 2.25 bits per heavy atom. The third-order valence-electron chi connectivity index (χ3n) is 3.15. The van der Waals surface area contributed by atoms with Crippen LogP contribution >= 0.6 is 23.8 Å². The molecule has 2 heterocycles. The van der Waals surface area contributed by atoms with Crippen molar-refractivity contribution in [2.45, 2.75) is 20.0 Å². The maximum Gasteiger partial charge on any atom is 0.178 e. The first-order chi connectivity index (χ1) is 9.60. The lowest BCUT2D eigenvalue weighted by Crippen LogP contribution is -2.07. The fraction of sp³-hybridized carbons (Fsp3) is 0.250. The molecular weight excluding hydrogens is 301 g/mol. The lowest BCUT2D eigenvalue weighted by atomic mass is 10.3. The van der Waals surface area contributed by atoms with Gasteiger partial charge < -0.3 is 14.1 Å². The molecule has 0 fully saturated rings. The summed E-state index contributed by atoms with van der Waals surface area (Å²) in [6.07, 6.45) is 1.66. The van der Waals surface area contributed by atoms with Crippen molar-refractivity contribution in [1.82, 2.24) is 24.3 Å². The molecule has 0 unspecified atom stereocenters. The second-order valence-electron chi connectivity index (χ2n) is 4.33. The first-order valence-electron chi connectivity index (χ1n) is 6.04. The lowest BCUT2D eigenvalue weighted by Gasteiger charge is -2.06. The molecule has 0 saturated heterocycles. The Morgan fingerprint density at radius 3 is 3.00 bits per heavy atom. The zero-order valence-corrected chi connectivity index (χ0v) is 12.2. The Hall–Kier alpha value is -1.73. The van der Waals surface area contributed by atoms with E-state index < -0.39 is 5.82 Å². The van der Waals surface area contributed by atoms with E-state index in [0.717, 1.165) is 12.4 Å². The fourth-order valence-electron chi connectivity index (χ4n) is 2.12. The molecule has 0 aliphatic heterocycles. The van der Waals surface area contributed by atoms with E-state index in [9.17, 15) is 4.39 Å². The molecule has 1 N–H and O–H groups in total. The largest absolute Gasteiger partial charge is 0.331 e. The van der Waals surface area contributed by atoms with Gasteiger partial charge in [0.15, 0.2) is 10.6 Å². The Kier molecular flexibility index (Phi) is 3.31. The molecule has 104 valence electrons. The molecule has 5 nitrogen and oxygen atoms in total. The molecule has 0 spiro atoms. The van der Waals surface area contributed by atoms with Crippen LogP contribution in [0.25, 0.3) is 11.0 Å². The van der Waals surface area contributed by atoms with Crippen LogP contribution in [0, 0.1) is 10.6 Å². The van der Waals surface area contributed by atoms with Gasteiger partial charge in [0.05, 0.1) is 22.6 Å². The van der Waals surface area contributed by atoms with Crippen LogP contribution in [0.4, 0.5) is 4.39 Å². The summed E-state index contributed by atoms with van der Waals surface area (Å²) in [4.78, 5) is 3.01. The van der Waals surface area contributed by atoms with Gasteiger partial charge in [-0.3, -0.25) is 0 Å². The van der Waals surface area contributed by atoms with Crippen LogP contribution in [-0.4, -0.2) is 24.3 Å². The Morgan fingerprint density at radius 1 is 1.45 bits per heavy atom. The molecule has 0 atom stereocenters. The number of aryl methyl sites for hydroxylation is 1. The quantitative estimate of drug-likeness (QED) is 0.756. The molecule has 3 aromatic rings. The molecule has 3 rings (SSSR count). The van der Waals surface area contributed by atoms with E-state index in [1.807, 2.05) is 11.5 Å². The lowest BCUT2D eigenvalue weighted by molar-refractivity contribution is 0.626. The van der Waals surface area contributed by atoms with Gasteiger partial charge in [-0.15, -0.1) is 10.2 Å². The average molecular weight is 312 g/mol. The average Bonchev–Trinajstić information content (AvgIpc) is 2.97. The molecule has 0 amide bonds. The summed E-state index contributed by atoms with van der Waals surface area (Å²) in [6.45, 7) is 3.19. The van der Waals surface area contributed by atoms with E-state index in [0.29, 0.717) is 22.3 Å². The highest BCUT2D eigenvalue weighted by Crippen LogP contribution is 2.23. The van der Waals surface area contributed by atoms with Crippen LogP contribution in [-0.2, 0) is 13.1 Å². The summed E-state index contributed by atoms with van der Waals surface area (Å²) in [7, 11) is 0. The van der Waals surface area contributed by atoms with Gasteiger partial charge in [-0.1, -0.05) is 11.6 Å². The monoisotopic (exact) mass is 311 g/mol. The second-order valence-corrected chi connectivity index (χ2v) is 5.13. The van der Waals surface area contributed by atoms with Crippen LogP contribution in [0.15, 0.2) is 18.5 Å². The summed E-state index contributed by atoms with van der Waals surface area (Å²) in [5.74, 6) is 0.290. The highest BCUT2D eigenvalue weighted by molar-refractivity contribution is 7.71. The minimum atomic E-state index is -0.473. The van der Waals surface area contributed by atoms with Crippen LogP contribution in [0.2, 0.25) is 5.02 Å². The Labute approximate surface area is 124 Å². The first-order valence-corrected chi connectivity index (χ1v) is 6.83. The summed E-state index contributed by atoms with van der Waals surface area (Å²) in [5.41, 5.74) is 1.35. The maximum atomic E-state index is 13.6. The molecule has 0 aliphatic carbocycles. The first kappa shape index (κ1) is 13.3. The topological polar surface area (TPSA) is 51.4 Å². The van der Waals surface area contributed by atoms with Gasteiger partial charge in [-0.25, -0.2) is 4.39 Å². The summed E-state index contributed by atoms with van der Waals surface area (Å²) < 4.78 is 17.8. The van der Waals surface area contributed by atoms with Crippen molar-refractivity contribution in [2.24, 2.45) is 0 Å². The van der Waals surface area contributed by atoms with Crippen molar-refractivity contribution in [3.05, 3.63) is 39.9 Å². The maximum absolute atomic E-state index is 13.6. The van der Waals surface area contributed by atoms with Gasteiger partial charge in [0, 0.05) is 12.6 Å². The van der Waals surface area contributed by atoms with Gasteiger partial charge in [-0.2, -0.15) is 0 Å². The van der Waals surface area contributed by atoms with Gasteiger partial charge in [0.25, 0.3) is 0 Å². The number of benzene rings is 1. The van der Waals surface area contributed by atoms with Gasteiger partial charge in [0.2, 0.25) is 0 Å². The minimum Gasteiger partial charge on any atom is -0.331 e. The zero-order valence-electron chi connectivity index (χ0n) is 10.6. The molecule has 2 aromatic heterocycles. The van der Waals surface area contributed by atoms with Crippen LogP contribution in [0.1, 0.15) is 12.7 Å². The van der Waals surface area contributed by atoms with E-state index in [1.165, 1.54) is 12.1 Å². The van der Waals surface area contributed by atoms with Crippen molar-refractivity contribution >= 4 is 34.9 Å². The van der Waals surface area contributed by atoms with Gasteiger partial charge in [-0.05, 0) is 25.2 Å². The summed E-state index contributed by atoms with van der Waals surface area (Å²) in [5, 5.41) is 8.00. The van der Waals surface area contributed by atoms with Crippen molar-refractivity contribution in [1.29, 1.82) is 0 Å². The number of fused-ring (bicyclic) bond motifs is 1. The van der Waals surface area contributed by atoms with Crippen molar-refractivity contribution in [3.63, 3.8) is 0 Å². The van der Waals surface area contributed by atoms with E-state index >= 15 is 0 Å². The smallest absolute Gasteiger partial charge is 0.178 e. The number of halogens is 2. The number of nitrogens with zero attached hydrogens (tertiary/aromatic N) is 4. The van der Waals surface area contributed by atoms with E-state index in [4.69, 9.17) is 23.8 Å². The number of imidazole rings is 1. The Balaban J connectivity index is 2.14. The Bertz CT molecular complexity index is 834. The molecule has 0 saturated carbocycles. The molecule has 0 radical (unpaired) electrons.